The van der Waals surface area contributed by atoms with E-state index in [0.29, 0.717) is 41.7 Å². The lowest BCUT2D eigenvalue weighted by molar-refractivity contribution is -0.275. The van der Waals surface area contributed by atoms with Crippen LogP contribution >= 0.6 is 11.3 Å². The van der Waals surface area contributed by atoms with Crippen molar-refractivity contribution in [1.82, 2.24) is 46.5 Å². The normalized spacial score (nSPS) is 12.2. The molecular weight excluding hydrogens is 1940 g/mol. The molecule has 12 aromatic rings. The number of aromatic nitrogens is 5. The number of unbranched alkanes of at least 4 members (excludes halogenated alkanes) is 3. The Morgan fingerprint density at radius 2 is 0.807 bits per heavy atom. The summed E-state index contributed by atoms with van der Waals surface area (Å²) in [6, 6.07) is 48.8. The lowest BCUT2D eigenvalue weighted by Crippen LogP contribution is -2.52. The number of benzene rings is 10. The van der Waals surface area contributed by atoms with Crippen molar-refractivity contribution >= 4 is 40.4 Å². The molecule has 0 bridgehead atoms. The van der Waals surface area contributed by atoms with Crippen LogP contribution < -0.4 is 55.0 Å². The Labute approximate surface area is 782 Å². The summed E-state index contributed by atoms with van der Waals surface area (Å²) in [5.41, 5.74) is -7.31. The first-order valence-electron chi connectivity index (χ1n) is 40.8. The van der Waals surface area contributed by atoms with Crippen molar-refractivity contribution in [2.24, 2.45) is 0 Å². The van der Waals surface area contributed by atoms with Crippen molar-refractivity contribution in [2.45, 2.75) is 132 Å². The molecule has 0 saturated heterocycles. The maximum absolute atomic E-state index is 14.0. The molecule has 2 aromatic heterocycles. The van der Waals surface area contributed by atoms with E-state index >= 15 is 0 Å². The average Bonchev–Trinajstić information content (AvgIpc) is 1.30. The van der Waals surface area contributed by atoms with E-state index in [1.807, 2.05) is 0 Å². The monoisotopic (exact) mass is 2010 g/mol. The fourth-order valence-corrected chi connectivity index (χ4v) is 14.9. The number of urea groups is 2. The van der Waals surface area contributed by atoms with Gasteiger partial charge in [0.25, 0.3) is 11.8 Å². The lowest BCUT2D eigenvalue weighted by atomic mass is 9.77. The maximum Gasteiger partial charge on any atom is 0.573 e. The van der Waals surface area contributed by atoms with Crippen LogP contribution in [0.25, 0.3) is 11.3 Å². The number of aliphatic hydroxyl groups excluding tert-OH is 1. The first kappa shape index (κ1) is 107. The highest BCUT2D eigenvalue weighted by Crippen LogP contribution is 2.45. The molecule has 0 unspecified atom stereocenters. The molecule has 0 saturated carbocycles. The summed E-state index contributed by atoms with van der Waals surface area (Å²) in [6.07, 6.45) is -33.5. The zero-order valence-corrected chi connectivity index (χ0v) is 73.0. The standard InChI is InChI=1S/C34H25F8N3O3S.C31H32F6N2O4.C28H19F10N5O5/c1-31(35,36)23-11-5-10-22(16-23)28-20-49-30(43-28)44-29(46)45-32(19-21-8-3-2-4-9-21,24-12-6-14-26(17-24)47-33(37,38)39)25-13-7-15-27(18-25)48-34(40,41)42;1-22(40)11-5-2-3-8-18-38-28(41)39-29(21-23-12-6-4-7-13-23,24-14-9-16-26(19-24)42-30(32,33)34)25-15-10-17-27(20-25)43-31(35,36)37;1-46-23(44)14-43-41-22(40-42-43)13-25(16-4-2-6-18(11-16)47-27(33,34)35,17-5-3-7-19(12-17)48-28(36,37)38)39-24(45)15-8-9-21(29)20(10-15)26(30,31)32/h2-18,20H,19H2,1H3,(H2,43,44,45,46);4,6-7,9-10,12-17,19-20,40H,1-3,5,8,11,18,21H2,(H2,38,39,41);2-12H,13-14H2,1H3,(H,39,45). The van der Waals surface area contributed by atoms with Gasteiger partial charge >= 0.3 is 62.4 Å². The minimum absolute atomic E-state index is 0.0227. The molecule has 47 heteroatoms. The smallest absolute Gasteiger partial charge is 0.513 e. The molecular formula is C93H76F24N10O12S. The third-order valence-electron chi connectivity index (χ3n) is 20.0. The molecule has 10 aromatic carbocycles. The number of nitrogens with zero attached hydrogens (tertiary/aromatic N) is 5. The number of amides is 5. The molecule has 0 spiro atoms. The predicted molar refractivity (Wildman–Crippen MR) is 454 cm³/mol. The minimum Gasteiger partial charge on any atom is -0.513 e. The second-order valence-corrected chi connectivity index (χ2v) is 31.2. The largest absolute Gasteiger partial charge is 0.573 e. The molecule has 22 nitrogen and oxygen atoms in total. The minimum atomic E-state index is -5.26. The van der Waals surface area contributed by atoms with Gasteiger partial charge < -0.3 is 59.5 Å². The number of carbonyl (C=O) groups excluding carboxylic acids is 4. The van der Waals surface area contributed by atoms with Crippen LogP contribution in [0.5, 0.6) is 34.5 Å². The van der Waals surface area contributed by atoms with E-state index in [1.54, 1.807) is 66.7 Å². The number of methoxy groups -OCH3 is 1. The summed E-state index contributed by atoms with van der Waals surface area (Å²) < 4.78 is 348. The summed E-state index contributed by atoms with van der Waals surface area (Å²) in [5, 5.41) is 35.3. The van der Waals surface area contributed by atoms with Crippen molar-refractivity contribution in [3.63, 3.8) is 0 Å². The van der Waals surface area contributed by atoms with Crippen LogP contribution in [-0.2, 0) is 64.1 Å². The van der Waals surface area contributed by atoms with Gasteiger partial charge in [0.15, 0.2) is 17.5 Å². The molecule has 0 radical (unpaired) electrons. The van der Waals surface area contributed by atoms with Gasteiger partial charge in [0.2, 0.25) is 0 Å². The van der Waals surface area contributed by atoms with Gasteiger partial charge in [-0.25, -0.2) is 32.5 Å². The number of esters is 1. The van der Waals surface area contributed by atoms with Gasteiger partial charge in [-0.1, -0.05) is 171 Å². The molecule has 12 rings (SSSR count). The summed E-state index contributed by atoms with van der Waals surface area (Å²) in [4.78, 5) is 57.5. The third-order valence-corrected chi connectivity index (χ3v) is 20.7. The van der Waals surface area contributed by atoms with Gasteiger partial charge in [-0.2, -0.15) is 18.0 Å². The maximum atomic E-state index is 14.0. The number of thiazole rings is 1. The molecule has 140 heavy (non-hydrogen) atoms. The van der Waals surface area contributed by atoms with Gasteiger partial charge in [-0.3, -0.25) is 10.1 Å². The number of rotatable bonds is 34. The Kier molecular flexibility index (Phi) is 34.5. The van der Waals surface area contributed by atoms with E-state index < -0.39 is 155 Å². The van der Waals surface area contributed by atoms with E-state index in [2.05, 4.69) is 86.7 Å². The quantitative estimate of drug-likeness (QED) is 0.00947. The van der Waals surface area contributed by atoms with Gasteiger partial charge in [0.05, 0.1) is 40.7 Å². The Bertz CT molecular complexity index is 6040. The van der Waals surface area contributed by atoms with Gasteiger partial charge in [0, 0.05) is 61.2 Å². The first-order valence-corrected chi connectivity index (χ1v) is 41.7. The Morgan fingerprint density at radius 3 is 1.19 bits per heavy atom. The van der Waals surface area contributed by atoms with E-state index in [9.17, 15) is 130 Å². The topological polar surface area (TPSA) is 270 Å². The highest BCUT2D eigenvalue weighted by molar-refractivity contribution is 7.14. The third kappa shape index (κ3) is 32.3. The number of hydrogen-bond acceptors (Lipinski definition) is 17. The second-order valence-electron chi connectivity index (χ2n) is 30.3. The second kappa shape index (κ2) is 45.1. The van der Waals surface area contributed by atoms with Crippen LogP contribution in [0.4, 0.5) is 120 Å². The lowest BCUT2D eigenvalue weighted by Gasteiger charge is -2.37. The van der Waals surface area contributed by atoms with Crippen LogP contribution in [-0.4, -0.2) is 106 Å². The average molecular weight is 2010 g/mol. The van der Waals surface area contributed by atoms with Crippen LogP contribution in [0.1, 0.15) is 111 Å². The number of tetrazole rings is 1. The van der Waals surface area contributed by atoms with Crippen molar-refractivity contribution in [3.8, 4) is 45.8 Å². The molecule has 744 valence electrons. The van der Waals surface area contributed by atoms with Crippen molar-refractivity contribution < 1.29 is 163 Å². The Morgan fingerprint density at radius 1 is 0.429 bits per heavy atom. The van der Waals surface area contributed by atoms with Gasteiger partial charge in [-0.15, -0.1) is 101 Å². The first-order chi connectivity index (χ1) is 65.5. The zero-order chi connectivity index (χ0) is 102. The molecule has 6 N–H and O–H groups in total. The van der Waals surface area contributed by atoms with E-state index in [0.717, 1.165) is 146 Å². The van der Waals surface area contributed by atoms with E-state index in [1.165, 1.54) is 72.1 Å². The molecule has 0 aliphatic carbocycles. The predicted octanol–water partition coefficient (Wildman–Crippen LogP) is 24.0. The summed E-state index contributed by atoms with van der Waals surface area (Å²) >= 11 is 0.965. The molecule has 0 aliphatic heterocycles. The fraction of sp³-hybridized carbons (Fsp3) is 0.247. The number of allylic oxidation sites excluding steroid dienone is 1. The van der Waals surface area contributed by atoms with Crippen molar-refractivity contribution in [1.29, 1.82) is 0 Å². The number of aliphatic hydroxyl groups is 1. The number of carbonyl (C=O) groups is 4. The highest BCUT2D eigenvalue weighted by Gasteiger charge is 2.46. The molecule has 0 atom stereocenters. The number of nitrogens with one attached hydrogen (secondary N) is 5. The highest BCUT2D eigenvalue weighted by atomic mass is 32.1. The number of hydrogen-bond donors (Lipinski definition) is 6. The summed E-state index contributed by atoms with van der Waals surface area (Å²) in [5.74, 6) is -11.5. The fourth-order valence-electron chi connectivity index (χ4n) is 14.2. The van der Waals surface area contributed by atoms with E-state index in [4.69, 9.17) is 0 Å². The number of anilines is 1. The van der Waals surface area contributed by atoms with Crippen LogP contribution in [0.2, 0.25) is 0 Å². The molecule has 2 heterocycles. The van der Waals surface area contributed by atoms with Crippen molar-refractivity contribution in [2.75, 3.05) is 19.0 Å². The van der Waals surface area contributed by atoms with Crippen molar-refractivity contribution in [3.05, 3.63) is 339 Å². The number of ether oxygens (including phenoxy) is 7. The van der Waals surface area contributed by atoms with Gasteiger partial charge in [0.1, 0.15) is 40.3 Å². The number of halogens is 24. The summed E-state index contributed by atoms with van der Waals surface area (Å²) in [7, 11) is 1.05. The van der Waals surface area contributed by atoms with Crippen LogP contribution in [0.15, 0.2) is 266 Å². The molecule has 0 fully saturated rings. The Balaban J connectivity index is 0.000000217. The molecule has 5 amide bonds. The van der Waals surface area contributed by atoms with E-state index in [-0.39, 0.29) is 86.8 Å². The SMILES string of the molecule is C=C(O)CCCCCCNC(=O)NC(Cc1ccccc1)(c1cccc(OC(F)(F)F)c1)c1cccc(OC(F)(F)F)c1.CC(F)(F)c1cccc(-c2csc(NC(=O)NC(Cc3ccccc3)(c3cccc(OC(F)(F)F)c3)c3cccc(OC(F)(F)F)c3)n2)c1.COC(=O)Cn1nnc(CC(NC(=O)c2ccc(F)c(C(F)(F)F)c2)(c2cccc(OC(F)(F)F)c2)c2cccc(OC(F)(F)F)c2)n1. The Hall–Kier alpha value is -15.0. The van der Waals surface area contributed by atoms with Crippen LogP contribution in [0.3, 0.4) is 0 Å². The summed E-state index contributed by atoms with van der Waals surface area (Å²) in [6.45, 7) is 3.84. The van der Waals surface area contributed by atoms with Crippen LogP contribution in [0, 0.1) is 5.82 Å². The zero-order valence-electron chi connectivity index (χ0n) is 72.2. The number of alkyl halides is 23. The van der Waals surface area contributed by atoms with Gasteiger partial charge in [-0.05, 0) is 160 Å². The molecule has 0 aliphatic rings.